The Morgan fingerprint density at radius 2 is 2.21 bits per heavy atom. The van der Waals surface area contributed by atoms with E-state index in [0.29, 0.717) is 10.8 Å². The summed E-state index contributed by atoms with van der Waals surface area (Å²) in [6.45, 7) is 1.89. The Morgan fingerprint density at radius 3 is 2.71 bits per heavy atom. The molecule has 1 unspecified atom stereocenters. The summed E-state index contributed by atoms with van der Waals surface area (Å²) < 4.78 is 5.16. The highest BCUT2D eigenvalue weighted by atomic mass is 79.9. The summed E-state index contributed by atoms with van der Waals surface area (Å²) in [6, 6.07) is 3.55. The van der Waals surface area contributed by atoms with E-state index in [1.807, 2.05) is 13.0 Å². The number of benzene rings is 1. The molecule has 1 aromatic carbocycles. The first kappa shape index (κ1) is 11.5. The molecule has 0 spiro atoms. The monoisotopic (exact) mass is 276 g/mol. The van der Waals surface area contributed by atoms with Crippen LogP contribution in [0.2, 0.25) is 5.02 Å². The van der Waals surface area contributed by atoms with Crippen molar-refractivity contribution in [3.8, 4) is 5.75 Å². The number of ether oxygens (including phenoxy) is 1. The van der Waals surface area contributed by atoms with Crippen LogP contribution in [0.4, 0.5) is 0 Å². The predicted octanol–water partition coefficient (Wildman–Crippen LogP) is 3.29. The first-order valence-corrected chi connectivity index (χ1v) is 5.33. The molecule has 0 radical (unpaired) electrons. The highest BCUT2D eigenvalue weighted by molar-refractivity contribution is 9.09. The first-order chi connectivity index (χ1) is 6.60. The number of alkyl halides is 1. The normalized spacial score (nSPS) is 12.3. The number of carbonyl (C=O) groups is 1. The van der Waals surface area contributed by atoms with Gasteiger partial charge in [0, 0.05) is 10.6 Å². The molecule has 0 heterocycles. The quantitative estimate of drug-likeness (QED) is 0.626. The van der Waals surface area contributed by atoms with Gasteiger partial charge in [0.15, 0.2) is 0 Å². The minimum absolute atomic E-state index is 0.379. The van der Waals surface area contributed by atoms with Gasteiger partial charge in [0.2, 0.25) is 0 Å². The molecule has 0 aromatic heterocycles. The first-order valence-electron chi connectivity index (χ1n) is 4.03. The second-order valence-electron chi connectivity index (χ2n) is 2.88. The van der Waals surface area contributed by atoms with E-state index in [0.717, 1.165) is 17.4 Å². The lowest BCUT2D eigenvalue weighted by Crippen LogP contribution is -1.97. The van der Waals surface area contributed by atoms with Crippen LogP contribution in [0.5, 0.6) is 5.75 Å². The average molecular weight is 278 g/mol. The second kappa shape index (κ2) is 4.80. The van der Waals surface area contributed by atoms with Crippen LogP contribution in [0.1, 0.15) is 16.0 Å². The molecule has 0 N–H and O–H groups in total. The SMILES string of the molecule is COc1cc(C)c(Cl)cc1C(Br)C=O. The molecule has 2 nitrogen and oxygen atoms in total. The van der Waals surface area contributed by atoms with Gasteiger partial charge in [-0.1, -0.05) is 27.5 Å². The minimum atomic E-state index is -0.379. The molecule has 0 aliphatic heterocycles. The van der Waals surface area contributed by atoms with Crippen molar-refractivity contribution in [2.45, 2.75) is 11.8 Å². The molecule has 1 atom stereocenters. The van der Waals surface area contributed by atoms with E-state index in [-0.39, 0.29) is 4.83 Å². The molecule has 14 heavy (non-hydrogen) atoms. The molecule has 0 bridgehead atoms. The van der Waals surface area contributed by atoms with E-state index in [1.54, 1.807) is 13.2 Å². The highest BCUT2D eigenvalue weighted by Gasteiger charge is 2.13. The van der Waals surface area contributed by atoms with Crippen LogP contribution in [0.15, 0.2) is 12.1 Å². The zero-order valence-electron chi connectivity index (χ0n) is 7.88. The fourth-order valence-electron chi connectivity index (χ4n) is 1.14. The van der Waals surface area contributed by atoms with Gasteiger partial charge in [0.1, 0.15) is 12.0 Å². The number of hydrogen-bond donors (Lipinski definition) is 0. The lowest BCUT2D eigenvalue weighted by molar-refractivity contribution is -0.107. The number of halogens is 2. The number of aldehydes is 1. The molecule has 0 saturated heterocycles. The fraction of sp³-hybridized carbons (Fsp3) is 0.300. The third kappa shape index (κ3) is 2.28. The smallest absolute Gasteiger partial charge is 0.138 e. The van der Waals surface area contributed by atoms with Crippen LogP contribution >= 0.6 is 27.5 Å². The summed E-state index contributed by atoms with van der Waals surface area (Å²) in [5.74, 6) is 0.667. The van der Waals surface area contributed by atoms with Crippen molar-refractivity contribution in [2.24, 2.45) is 0 Å². The van der Waals surface area contributed by atoms with Crippen LogP contribution in [-0.4, -0.2) is 13.4 Å². The zero-order chi connectivity index (χ0) is 10.7. The van der Waals surface area contributed by atoms with Gasteiger partial charge < -0.3 is 9.53 Å². The molecule has 76 valence electrons. The third-order valence-corrected chi connectivity index (χ3v) is 3.04. The van der Waals surface area contributed by atoms with Crippen molar-refractivity contribution in [1.29, 1.82) is 0 Å². The largest absolute Gasteiger partial charge is 0.496 e. The minimum Gasteiger partial charge on any atom is -0.496 e. The van der Waals surface area contributed by atoms with E-state index in [9.17, 15) is 4.79 Å². The Hall–Kier alpha value is -0.540. The van der Waals surface area contributed by atoms with Crippen molar-refractivity contribution in [3.05, 3.63) is 28.3 Å². The Bertz CT molecular complexity index is 352. The lowest BCUT2D eigenvalue weighted by Gasteiger charge is -2.11. The summed E-state index contributed by atoms with van der Waals surface area (Å²) in [6.07, 6.45) is 0.795. The molecule has 0 aliphatic rings. The molecular weight excluding hydrogens is 267 g/mol. The van der Waals surface area contributed by atoms with Gasteiger partial charge in [-0.15, -0.1) is 0 Å². The molecule has 0 amide bonds. The number of methoxy groups -OCH3 is 1. The number of rotatable bonds is 3. The van der Waals surface area contributed by atoms with Crippen molar-refractivity contribution in [3.63, 3.8) is 0 Å². The summed E-state index contributed by atoms with van der Waals surface area (Å²) in [5, 5.41) is 0.632. The summed E-state index contributed by atoms with van der Waals surface area (Å²) in [7, 11) is 1.57. The lowest BCUT2D eigenvalue weighted by atomic mass is 10.1. The fourth-order valence-corrected chi connectivity index (χ4v) is 1.67. The van der Waals surface area contributed by atoms with E-state index in [4.69, 9.17) is 16.3 Å². The van der Waals surface area contributed by atoms with Crippen LogP contribution in [0, 0.1) is 6.92 Å². The maximum absolute atomic E-state index is 10.6. The molecule has 4 heteroatoms. The maximum Gasteiger partial charge on any atom is 0.138 e. The Balaban J connectivity index is 3.26. The highest BCUT2D eigenvalue weighted by Crippen LogP contribution is 2.33. The molecule has 1 aromatic rings. The molecule has 1 rings (SSSR count). The molecular formula is C10H10BrClO2. The van der Waals surface area contributed by atoms with Crippen molar-refractivity contribution in [1.82, 2.24) is 0 Å². The molecule has 0 saturated carbocycles. The standard InChI is InChI=1S/C10H10BrClO2/c1-6-3-10(14-2)7(4-9(6)12)8(11)5-13/h3-5,8H,1-2H3. The summed E-state index contributed by atoms with van der Waals surface area (Å²) in [4.78, 5) is 10.2. The van der Waals surface area contributed by atoms with Gasteiger partial charge in [-0.25, -0.2) is 0 Å². The summed E-state index contributed by atoms with van der Waals surface area (Å²) >= 11 is 9.18. The van der Waals surface area contributed by atoms with E-state index in [2.05, 4.69) is 15.9 Å². The number of aryl methyl sites for hydroxylation is 1. The maximum atomic E-state index is 10.6. The topological polar surface area (TPSA) is 26.3 Å². The van der Waals surface area contributed by atoms with Crippen LogP contribution in [0.25, 0.3) is 0 Å². The van der Waals surface area contributed by atoms with Crippen molar-refractivity contribution in [2.75, 3.05) is 7.11 Å². The van der Waals surface area contributed by atoms with Gasteiger partial charge in [0.05, 0.1) is 11.9 Å². The van der Waals surface area contributed by atoms with Gasteiger partial charge in [-0.2, -0.15) is 0 Å². The van der Waals surface area contributed by atoms with E-state index < -0.39 is 0 Å². The number of carbonyl (C=O) groups excluding carboxylic acids is 1. The Labute approximate surface area is 96.3 Å². The third-order valence-electron chi connectivity index (χ3n) is 1.93. The molecule has 0 fully saturated rings. The average Bonchev–Trinajstić information content (AvgIpc) is 2.20. The second-order valence-corrected chi connectivity index (χ2v) is 4.27. The predicted molar refractivity (Wildman–Crippen MR) is 60.5 cm³/mol. The van der Waals surface area contributed by atoms with E-state index in [1.165, 1.54) is 0 Å². The Kier molecular flexibility index (Phi) is 3.96. The van der Waals surface area contributed by atoms with Crippen LogP contribution < -0.4 is 4.74 Å². The Morgan fingerprint density at radius 1 is 1.57 bits per heavy atom. The van der Waals surface area contributed by atoms with E-state index >= 15 is 0 Å². The van der Waals surface area contributed by atoms with Gasteiger partial charge in [-0.05, 0) is 24.6 Å². The summed E-state index contributed by atoms with van der Waals surface area (Å²) in [5.41, 5.74) is 1.68. The zero-order valence-corrected chi connectivity index (χ0v) is 10.2. The number of hydrogen-bond acceptors (Lipinski definition) is 2. The molecule has 0 aliphatic carbocycles. The van der Waals surface area contributed by atoms with Crippen LogP contribution in [0.3, 0.4) is 0 Å². The van der Waals surface area contributed by atoms with Gasteiger partial charge in [-0.3, -0.25) is 0 Å². The van der Waals surface area contributed by atoms with Crippen molar-refractivity contribution < 1.29 is 9.53 Å². The van der Waals surface area contributed by atoms with Gasteiger partial charge in [0.25, 0.3) is 0 Å². The van der Waals surface area contributed by atoms with Gasteiger partial charge >= 0.3 is 0 Å². The van der Waals surface area contributed by atoms with Crippen LogP contribution in [-0.2, 0) is 4.79 Å². The van der Waals surface area contributed by atoms with Crippen molar-refractivity contribution >= 4 is 33.8 Å².